The first kappa shape index (κ1) is 12.0. The number of benzene rings is 1. The fourth-order valence-corrected chi connectivity index (χ4v) is 1.90. The van der Waals surface area contributed by atoms with Crippen molar-refractivity contribution in [3.8, 4) is 11.5 Å². The highest BCUT2D eigenvalue weighted by Gasteiger charge is 2.09. The Bertz CT molecular complexity index is 510. The molecule has 4 nitrogen and oxygen atoms in total. The van der Waals surface area contributed by atoms with Gasteiger partial charge in [0.05, 0.1) is 5.75 Å². The van der Waals surface area contributed by atoms with E-state index in [1.165, 1.54) is 0 Å². The van der Waals surface area contributed by atoms with Gasteiger partial charge in [-0.2, -0.15) is 16.7 Å². The second-order valence-corrected chi connectivity index (χ2v) is 5.00. The van der Waals surface area contributed by atoms with Crippen LogP contribution in [-0.2, 0) is 5.75 Å². The van der Waals surface area contributed by atoms with E-state index in [2.05, 4.69) is 17.1 Å². The number of nitrogens with two attached hydrogens (primary N) is 1. The van der Waals surface area contributed by atoms with Crippen molar-refractivity contribution in [3.05, 3.63) is 29.6 Å². The van der Waals surface area contributed by atoms with Gasteiger partial charge < -0.3 is 10.3 Å². The van der Waals surface area contributed by atoms with Crippen LogP contribution in [0.1, 0.15) is 18.3 Å². The van der Waals surface area contributed by atoms with E-state index in [4.69, 9.17) is 10.3 Å². The Hall–Kier alpha value is -1.49. The van der Waals surface area contributed by atoms with Crippen LogP contribution < -0.4 is 5.73 Å². The van der Waals surface area contributed by atoms with Crippen molar-refractivity contribution in [1.82, 2.24) is 10.1 Å². The lowest BCUT2D eigenvalue weighted by molar-refractivity contribution is 0.425. The minimum absolute atomic E-state index is 0.531. The summed E-state index contributed by atoms with van der Waals surface area (Å²) in [4.78, 5) is 4.33. The lowest BCUT2D eigenvalue weighted by atomic mass is 10.1. The molecule has 0 aliphatic carbocycles. The fourth-order valence-electron chi connectivity index (χ4n) is 1.40. The Kier molecular flexibility index (Phi) is 3.68. The second kappa shape index (κ2) is 5.23. The van der Waals surface area contributed by atoms with E-state index in [1.54, 1.807) is 11.8 Å². The molecule has 5 heteroatoms. The number of hydrogen-bond donors (Lipinski definition) is 1. The molecule has 0 bridgehead atoms. The molecule has 0 aliphatic rings. The lowest BCUT2D eigenvalue weighted by Gasteiger charge is -2.00. The number of rotatable bonds is 4. The van der Waals surface area contributed by atoms with Crippen LogP contribution in [-0.4, -0.2) is 15.9 Å². The van der Waals surface area contributed by atoms with Crippen LogP contribution >= 0.6 is 11.8 Å². The molecule has 0 saturated heterocycles. The molecule has 0 atom stereocenters. The molecule has 0 saturated carbocycles. The van der Waals surface area contributed by atoms with Crippen LogP contribution in [0, 0.1) is 6.92 Å². The van der Waals surface area contributed by atoms with Gasteiger partial charge in [0.1, 0.15) is 0 Å². The highest BCUT2D eigenvalue weighted by molar-refractivity contribution is 7.98. The number of aromatic nitrogens is 2. The zero-order chi connectivity index (χ0) is 12.3. The Balaban J connectivity index is 2.21. The normalized spacial score (nSPS) is 10.7. The third kappa shape index (κ3) is 2.79. The average molecular weight is 249 g/mol. The molecule has 0 unspecified atom stereocenters. The van der Waals surface area contributed by atoms with E-state index >= 15 is 0 Å². The van der Waals surface area contributed by atoms with E-state index in [9.17, 15) is 0 Å². The number of anilines is 1. The summed E-state index contributed by atoms with van der Waals surface area (Å²) in [7, 11) is 0. The maximum absolute atomic E-state index is 5.85. The summed E-state index contributed by atoms with van der Waals surface area (Å²) in [5, 5.41) is 3.93. The van der Waals surface area contributed by atoms with Crippen molar-refractivity contribution < 1.29 is 4.52 Å². The van der Waals surface area contributed by atoms with Crippen molar-refractivity contribution in [2.24, 2.45) is 0 Å². The van der Waals surface area contributed by atoms with Gasteiger partial charge in [0.15, 0.2) is 5.82 Å². The Morgan fingerprint density at radius 1 is 1.41 bits per heavy atom. The predicted octanol–water partition coefficient (Wildman–Crippen LogP) is 2.88. The summed E-state index contributed by atoms with van der Waals surface area (Å²) in [6, 6.07) is 5.75. The molecule has 2 aromatic rings. The first-order chi connectivity index (χ1) is 8.20. The summed E-state index contributed by atoms with van der Waals surface area (Å²) >= 11 is 1.77. The minimum atomic E-state index is 0.531. The van der Waals surface area contributed by atoms with Crippen molar-refractivity contribution in [3.63, 3.8) is 0 Å². The highest BCUT2D eigenvalue weighted by atomic mass is 32.2. The fraction of sp³-hybridized carbons (Fsp3) is 0.333. The number of thioether (sulfide) groups is 1. The van der Waals surface area contributed by atoms with Gasteiger partial charge in [-0.3, -0.25) is 0 Å². The van der Waals surface area contributed by atoms with Crippen molar-refractivity contribution in [2.75, 3.05) is 11.5 Å². The van der Waals surface area contributed by atoms with Gasteiger partial charge in [-0.15, -0.1) is 0 Å². The largest absolute Gasteiger partial charge is 0.398 e. The van der Waals surface area contributed by atoms with E-state index < -0.39 is 0 Å². The predicted molar refractivity (Wildman–Crippen MR) is 70.7 cm³/mol. The van der Waals surface area contributed by atoms with Crippen molar-refractivity contribution >= 4 is 17.4 Å². The first-order valence-corrected chi connectivity index (χ1v) is 6.63. The third-order valence-electron chi connectivity index (χ3n) is 2.43. The molecule has 0 spiro atoms. The van der Waals surface area contributed by atoms with Crippen LogP contribution in [0.15, 0.2) is 22.7 Å². The zero-order valence-corrected chi connectivity index (χ0v) is 10.8. The maximum atomic E-state index is 5.85. The standard InChI is InChI=1S/C12H15N3OS/c1-3-17-7-11-14-12(16-15-11)9-5-4-8(2)10(13)6-9/h4-6H,3,7,13H2,1-2H3. The molecule has 0 aliphatic heterocycles. The Labute approximate surface area is 105 Å². The molecule has 1 heterocycles. The summed E-state index contributed by atoms with van der Waals surface area (Å²) in [5.74, 6) is 3.08. The van der Waals surface area contributed by atoms with Gasteiger partial charge >= 0.3 is 0 Å². The molecule has 90 valence electrons. The van der Waals surface area contributed by atoms with Crippen LogP contribution in [0.3, 0.4) is 0 Å². The molecule has 1 aromatic carbocycles. The van der Waals surface area contributed by atoms with E-state index in [0.29, 0.717) is 5.89 Å². The minimum Gasteiger partial charge on any atom is -0.398 e. The summed E-state index contributed by atoms with van der Waals surface area (Å²) < 4.78 is 5.21. The summed E-state index contributed by atoms with van der Waals surface area (Å²) in [6.45, 7) is 4.07. The number of hydrogen-bond acceptors (Lipinski definition) is 5. The number of aryl methyl sites for hydroxylation is 1. The summed E-state index contributed by atoms with van der Waals surface area (Å²) in [5.41, 5.74) is 8.51. The van der Waals surface area contributed by atoms with Crippen LogP contribution in [0.4, 0.5) is 5.69 Å². The van der Waals surface area contributed by atoms with Gasteiger partial charge in [-0.1, -0.05) is 18.1 Å². The summed E-state index contributed by atoms with van der Waals surface area (Å²) in [6.07, 6.45) is 0. The third-order valence-corrected chi connectivity index (χ3v) is 3.30. The SMILES string of the molecule is CCSCc1noc(-c2ccc(C)c(N)c2)n1. The van der Waals surface area contributed by atoms with Crippen LogP contribution in [0.2, 0.25) is 0 Å². The number of nitrogen functional groups attached to an aromatic ring is 1. The number of nitrogens with zero attached hydrogens (tertiary/aromatic N) is 2. The zero-order valence-electron chi connectivity index (χ0n) is 9.93. The second-order valence-electron chi connectivity index (χ2n) is 3.72. The molecular weight excluding hydrogens is 234 g/mol. The molecule has 1 aromatic heterocycles. The Morgan fingerprint density at radius 2 is 2.24 bits per heavy atom. The maximum Gasteiger partial charge on any atom is 0.258 e. The smallest absolute Gasteiger partial charge is 0.258 e. The van der Waals surface area contributed by atoms with Gasteiger partial charge in [0.25, 0.3) is 5.89 Å². The molecular formula is C12H15N3OS. The quantitative estimate of drug-likeness (QED) is 0.844. The van der Waals surface area contributed by atoms with Gasteiger partial charge in [-0.05, 0) is 30.4 Å². The monoisotopic (exact) mass is 249 g/mol. The molecule has 2 N–H and O–H groups in total. The first-order valence-electron chi connectivity index (χ1n) is 5.47. The topological polar surface area (TPSA) is 64.9 Å². The van der Waals surface area contributed by atoms with Crippen molar-refractivity contribution in [1.29, 1.82) is 0 Å². The van der Waals surface area contributed by atoms with E-state index in [0.717, 1.165) is 34.1 Å². The molecule has 0 fully saturated rings. The van der Waals surface area contributed by atoms with Crippen molar-refractivity contribution in [2.45, 2.75) is 19.6 Å². The van der Waals surface area contributed by atoms with Gasteiger partial charge in [0, 0.05) is 11.3 Å². The molecule has 0 amide bonds. The lowest BCUT2D eigenvalue weighted by Crippen LogP contribution is -1.90. The molecule has 2 rings (SSSR count). The van der Waals surface area contributed by atoms with E-state index in [-0.39, 0.29) is 0 Å². The van der Waals surface area contributed by atoms with Gasteiger partial charge in [0.2, 0.25) is 0 Å². The molecule has 17 heavy (non-hydrogen) atoms. The molecule has 0 radical (unpaired) electrons. The highest BCUT2D eigenvalue weighted by Crippen LogP contribution is 2.22. The van der Waals surface area contributed by atoms with Crippen LogP contribution in [0.25, 0.3) is 11.5 Å². The van der Waals surface area contributed by atoms with Gasteiger partial charge in [-0.25, -0.2) is 0 Å². The van der Waals surface area contributed by atoms with E-state index in [1.807, 2.05) is 25.1 Å². The average Bonchev–Trinajstić information content (AvgIpc) is 2.79. The van der Waals surface area contributed by atoms with Crippen LogP contribution in [0.5, 0.6) is 0 Å². The Morgan fingerprint density at radius 3 is 2.94 bits per heavy atom.